The van der Waals surface area contributed by atoms with Gasteiger partial charge in [0.25, 0.3) is 0 Å². The summed E-state index contributed by atoms with van der Waals surface area (Å²) in [6.45, 7) is 0. The molecule has 0 saturated carbocycles. The van der Waals surface area contributed by atoms with Gasteiger partial charge in [-0.3, -0.25) is 0 Å². The monoisotopic (exact) mass is 233 g/mol. The summed E-state index contributed by atoms with van der Waals surface area (Å²) in [5.74, 6) is 0. The maximum atomic E-state index is 5.83. The van der Waals surface area contributed by atoms with Crippen molar-refractivity contribution in [2.24, 2.45) is 0 Å². The molecule has 0 amide bonds. The Bertz CT molecular complexity index is 511. The summed E-state index contributed by atoms with van der Waals surface area (Å²) in [5.41, 5.74) is 1.91. The fourth-order valence-electron chi connectivity index (χ4n) is 2.22. The largest absolute Gasteiger partial charge is 0.356 e. The summed E-state index contributed by atoms with van der Waals surface area (Å²) in [4.78, 5) is 0. The van der Waals surface area contributed by atoms with E-state index in [2.05, 4.69) is 10.3 Å². The molecule has 3 rings (SSSR count). The molecule has 0 bridgehead atoms. The molecule has 5 nitrogen and oxygen atoms in total. The second kappa shape index (κ2) is 4.43. The molecule has 1 aromatic carbocycles. The first-order valence-corrected chi connectivity index (χ1v) is 5.86. The zero-order valence-corrected chi connectivity index (χ0v) is 9.74. The highest BCUT2D eigenvalue weighted by molar-refractivity contribution is 5.73. The Hall–Kier alpha value is -1.46. The normalized spacial score (nSPS) is 25.2. The number of benzene rings is 1. The number of hydrogen-bond acceptors (Lipinski definition) is 4. The van der Waals surface area contributed by atoms with E-state index in [-0.39, 0.29) is 12.5 Å². The molecule has 17 heavy (non-hydrogen) atoms. The third-order valence-electron chi connectivity index (χ3n) is 3.11. The van der Waals surface area contributed by atoms with E-state index in [0.29, 0.717) is 0 Å². The van der Waals surface area contributed by atoms with Crippen molar-refractivity contribution in [2.45, 2.75) is 31.8 Å². The standard InChI is InChI=1S/C12H15N3O2/c1-16-12-8-4-7-11(17-12)15-10-6-3-2-5-9(10)13-14-15/h2-3,5-6,11-12H,4,7-8H2,1H3/t11-,12+/m1/s1. The third-order valence-corrected chi connectivity index (χ3v) is 3.11. The summed E-state index contributed by atoms with van der Waals surface area (Å²) in [6.07, 6.45) is 2.78. The van der Waals surface area contributed by atoms with Crippen LogP contribution in [-0.4, -0.2) is 28.4 Å². The van der Waals surface area contributed by atoms with Gasteiger partial charge in [0.15, 0.2) is 12.5 Å². The summed E-state index contributed by atoms with van der Waals surface area (Å²) >= 11 is 0. The first-order valence-electron chi connectivity index (χ1n) is 5.86. The maximum absolute atomic E-state index is 5.83. The predicted octanol–water partition coefficient (Wildman–Crippen LogP) is 2.10. The average Bonchev–Trinajstić information content (AvgIpc) is 2.82. The first kappa shape index (κ1) is 10.7. The lowest BCUT2D eigenvalue weighted by Gasteiger charge is -2.28. The second-order valence-electron chi connectivity index (χ2n) is 4.21. The molecular formula is C12H15N3O2. The van der Waals surface area contributed by atoms with Crippen LogP contribution in [0.1, 0.15) is 25.5 Å². The molecule has 5 heteroatoms. The van der Waals surface area contributed by atoms with Crippen molar-refractivity contribution in [3.63, 3.8) is 0 Å². The highest BCUT2D eigenvalue weighted by Gasteiger charge is 2.25. The van der Waals surface area contributed by atoms with Crippen LogP contribution in [0.3, 0.4) is 0 Å². The molecule has 0 aliphatic carbocycles. The van der Waals surface area contributed by atoms with Crippen molar-refractivity contribution in [3.8, 4) is 0 Å². The quantitative estimate of drug-likeness (QED) is 0.797. The Kier molecular flexibility index (Phi) is 2.78. The van der Waals surface area contributed by atoms with Gasteiger partial charge < -0.3 is 9.47 Å². The zero-order valence-electron chi connectivity index (χ0n) is 9.74. The Morgan fingerprint density at radius 1 is 1.35 bits per heavy atom. The molecular weight excluding hydrogens is 218 g/mol. The number of ether oxygens (including phenoxy) is 2. The highest BCUT2D eigenvalue weighted by Crippen LogP contribution is 2.28. The molecule has 2 heterocycles. The van der Waals surface area contributed by atoms with E-state index in [1.165, 1.54) is 0 Å². The molecule has 90 valence electrons. The van der Waals surface area contributed by atoms with Crippen molar-refractivity contribution in [1.82, 2.24) is 15.0 Å². The van der Waals surface area contributed by atoms with Gasteiger partial charge in [-0.2, -0.15) is 0 Å². The molecule has 2 atom stereocenters. The summed E-state index contributed by atoms with van der Waals surface area (Å²) < 4.78 is 12.9. The van der Waals surface area contributed by atoms with Gasteiger partial charge in [-0.1, -0.05) is 17.3 Å². The minimum Gasteiger partial charge on any atom is -0.356 e. The van der Waals surface area contributed by atoms with Crippen molar-refractivity contribution in [3.05, 3.63) is 24.3 Å². The summed E-state index contributed by atoms with van der Waals surface area (Å²) in [5, 5.41) is 8.31. The van der Waals surface area contributed by atoms with Crippen LogP contribution in [0.5, 0.6) is 0 Å². The van der Waals surface area contributed by atoms with Crippen LogP contribution in [0, 0.1) is 0 Å². The fraction of sp³-hybridized carbons (Fsp3) is 0.500. The molecule has 0 N–H and O–H groups in total. The van der Waals surface area contributed by atoms with E-state index >= 15 is 0 Å². The van der Waals surface area contributed by atoms with Crippen molar-refractivity contribution < 1.29 is 9.47 Å². The van der Waals surface area contributed by atoms with Crippen LogP contribution in [-0.2, 0) is 9.47 Å². The Morgan fingerprint density at radius 2 is 2.24 bits per heavy atom. The van der Waals surface area contributed by atoms with Crippen LogP contribution >= 0.6 is 0 Å². The van der Waals surface area contributed by atoms with Crippen molar-refractivity contribution in [2.75, 3.05) is 7.11 Å². The number of para-hydroxylation sites is 1. The molecule has 0 radical (unpaired) electrons. The van der Waals surface area contributed by atoms with Gasteiger partial charge in [-0.25, -0.2) is 4.68 Å². The van der Waals surface area contributed by atoms with Crippen molar-refractivity contribution >= 4 is 11.0 Å². The van der Waals surface area contributed by atoms with Crippen LogP contribution in [0.15, 0.2) is 24.3 Å². The van der Waals surface area contributed by atoms with Gasteiger partial charge >= 0.3 is 0 Å². The van der Waals surface area contributed by atoms with Gasteiger partial charge in [0.2, 0.25) is 0 Å². The Labute approximate surface area is 99.3 Å². The predicted molar refractivity (Wildman–Crippen MR) is 62.3 cm³/mol. The second-order valence-corrected chi connectivity index (χ2v) is 4.21. The highest BCUT2D eigenvalue weighted by atomic mass is 16.7. The minimum atomic E-state index is -0.128. The van der Waals surface area contributed by atoms with Crippen LogP contribution in [0.4, 0.5) is 0 Å². The molecule has 0 spiro atoms. The zero-order chi connectivity index (χ0) is 11.7. The lowest BCUT2D eigenvalue weighted by atomic mass is 10.1. The number of aromatic nitrogens is 3. The van der Waals surface area contributed by atoms with E-state index < -0.39 is 0 Å². The first-order chi connectivity index (χ1) is 8.38. The van der Waals surface area contributed by atoms with Gasteiger partial charge in [0.1, 0.15) is 5.52 Å². The molecule has 1 aliphatic heterocycles. The Morgan fingerprint density at radius 3 is 3.12 bits per heavy atom. The maximum Gasteiger partial charge on any atom is 0.159 e. The Balaban J connectivity index is 1.92. The van der Waals surface area contributed by atoms with Gasteiger partial charge in [-0.05, 0) is 31.4 Å². The van der Waals surface area contributed by atoms with Gasteiger partial charge in [0.05, 0.1) is 5.52 Å². The number of rotatable bonds is 2. The van der Waals surface area contributed by atoms with Crippen LogP contribution in [0.25, 0.3) is 11.0 Å². The molecule has 1 aromatic heterocycles. The summed E-state index contributed by atoms with van der Waals surface area (Å²) in [6, 6.07) is 7.91. The van der Waals surface area contributed by atoms with E-state index in [9.17, 15) is 0 Å². The van der Waals surface area contributed by atoms with Crippen molar-refractivity contribution in [1.29, 1.82) is 0 Å². The SMILES string of the molecule is CO[C@@H]1CCC[C@H](n2nnc3ccccc32)O1. The molecule has 0 unspecified atom stereocenters. The lowest BCUT2D eigenvalue weighted by molar-refractivity contribution is -0.204. The number of nitrogens with zero attached hydrogens (tertiary/aromatic N) is 3. The smallest absolute Gasteiger partial charge is 0.159 e. The molecule has 1 aliphatic rings. The lowest BCUT2D eigenvalue weighted by Crippen LogP contribution is -2.27. The molecule has 1 fully saturated rings. The van der Waals surface area contributed by atoms with E-state index in [1.807, 2.05) is 28.9 Å². The van der Waals surface area contributed by atoms with Crippen LogP contribution < -0.4 is 0 Å². The molecule has 2 aromatic rings. The minimum absolute atomic E-state index is 0.0684. The third kappa shape index (κ3) is 1.92. The van der Waals surface area contributed by atoms with Crippen LogP contribution in [0.2, 0.25) is 0 Å². The van der Waals surface area contributed by atoms with E-state index in [1.54, 1.807) is 7.11 Å². The van der Waals surface area contributed by atoms with E-state index in [4.69, 9.17) is 9.47 Å². The topological polar surface area (TPSA) is 49.2 Å². The molecule has 1 saturated heterocycles. The van der Waals surface area contributed by atoms with E-state index in [0.717, 1.165) is 30.3 Å². The van der Waals surface area contributed by atoms with Gasteiger partial charge in [-0.15, -0.1) is 5.10 Å². The fourth-order valence-corrected chi connectivity index (χ4v) is 2.22. The number of fused-ring (bicyclic) bond motifs is 1. The number of hydrogen-bond donors (Lipinski definition) is 0. The summed E-state index contributed by atoms with van der Waals surface area (Å²) in [7, 11) is 1.67. The average molecular weight is 233 g/mol. The van der Waals surface area contributed by atoms with Gasteiger partial charge in [0, 0.05) is 7.11 Å². The number of methoxy groups -OCH3 is 1.